The Morgan fingerprint density at radius 2 is 2.12 bits per heavy atom. The lowest BCUT2D eigenvalue weighted by molar-refractivity contribution is -0.116. The number of Topliss-reactive ketones (excluding diaryl/α,β-unsaturated/α-hetero) is 1. The molecule has 1 rings (SSSR count). The SMILES string of the molecule is COc1cc(C)c(Cl)c(C)c1CNCC(C)=O. The highest BCUT2D eigenvalue weighted by molar-refractivity contribution is 6.32. The molecule has 94 valence electrons. The molecule has 4 heteroatoms. The first kappa shape index (κ1) is 14.0. The number of nitrogens with one attached hydrogen (secondary N) is 1. The first-order valence-corrected chi connectivity index (χ1v) is 5.88. The van der Waals surface area contributed by atoms with E-state index in [-0.39, 0.29) is 5.78 Å². The zero-order chi connectivity index (χ0) is 13.0. The quantitative estimate of drug-likeness (QED) is 0.879. The molecule has 1 N–H and O–H groups in total. The number of carbonyl (C=O) groups is 1. The van der Waals surface area contributed by atoms with Crippen LogP contribution < -0.4 is 10.1 Å². The number of rotatable bonds is 5. The summed E-state index contributed by atoms with van der Waals surface area (Å²) in [5.41, 5.74) is 3.00. The molecule has 0 spiro atoms. The molecule has 0 saturated heterocycles. The fourth-order valence-corrected chi connectivity index (χ4v) is 1.89. The van der Waals surface area contributed by atoms with E-state index in [1.807, 2.05) is 19.9 Å². The van der Waals surface area contributed by atoms with Crippen LogP contribution in [-0.4, -0.2) is 19.4 Å². The molecule has 0 radical (unpaired) electrons. The van der Waals surface area contributed by atoms with E-state index >= 15 is 0 Å². The minimum Gasteiger partial charge on any atom is -0.496 e. The van der Waals surface area contributed by atoms with E-state index in [4.69, 9.17) is 16.3 Å². The Morgan fingerprint density at radius 3 is 2.65 bits per heavy atom. The van der Waals surface area contributed by atoms with Crippen molar-refractivity contribution in [1.82, 2.24) is 5.32 Å². The largest absolute Gasteiger partial charge is 0.496 e. The van der Waals surface area contributed by atoms with Gasteiger partial charge in [0, 0.05) is 17.1 Å². The molecule has 0 aliphatic heterocycles. The average molecular weight is 256 g/mol. The minimum atomic E-state index is 0.111. The molecule has 0 atom stereocenters. The van der Waals surface area contributed by atoms with Gasteiger partial charge in [-0.2, -0.15) is 0 Å². The minimum absolute atomic E-state index is 0.111. The van der Waals surface area contributed by atoms with Gasteiger partial charge in [-0.15, -0.1) is 0 Å². The summed E-state index contributed by atoms with van der Waals surface area (Å²) in [6, 6.07) is 1.92. The number of ether oxygens (including phenoxy) is 1. The van der Waals surface area contributed by atoms with Gasteiger partial charge in [-0.3, -0.25) is 4.79 Å². The van der Waals surface area contributed by atoms with Gasteiger partial charge in [-0.1, -0.05) is 11.6 Å². The fraction of sp³-hybridized carbons (Fsp3) is 0.462. The third kappa shape index (κ3) is 3.45. The van der Waals surface area contributed by atoms with Crippen molar-refractivity contribution in [3.05, 3.63) is 27.8 Å². The van der Waals surface area contributed by atoms with Crippen molar-refractivity contribution >= 4 is 17.4 Å². The molecule has 0 bridgehead atoms. The van der Waals surface area contributed by atoms with E-state index in [0.29, 0.717) is 13.1 Å². The lowest BCUT2D eigenvalue weighted by Crippen LogP contribution is -2.21. The van der Waals surface area contributed by atoms with Gasteiger partial charge in [0.15, 0.2) is 0 Å². The number of carbonyl (C=O) groups excluding carboxylic acids is 1. The molecule has 0 aliphatic rings. The van der Waals surface area contributed by atoms with Crippen LogP contribution in [0.1, 0.15) is 23.6 Å². The number of ketones is 1. The van der Waals surface area contributed by atoms with Crippen molar-refractivity contribution in [3.8, 4) is 5.75 Å². The van der Waals surface area contributed by atoms with Gasteiger partial charge in [-0.25, -0.2) is 0 Å². The summed E-state index contributed by atoms with van der Waals surface area (Å²) >= 11 is 6.20. The highest BCUT2D eigenvalue weighted by Gasteiger charge is 2.12. The van der Waals surface area contributed by atoms with Crippen LogP contribution in [0.3, 0.4) is 0 Å². The van der Waals surface area contributed by atoms with Gasteiger partial charge in [0.1, 0.15) is 11.5 Å². The van der Waals surface area contributed by atoms with Crippen molar-refractivity contribution in [3.63, 3.8) is 0 Å². The Kier molecular flexibility index (Phi) is 4.97. The summed E-state index contributed by atoms with van der Waals surface area (Å²) in [5, 5.41) is 3.83. The molecule has 1 aromatic carbocycles. The average Bonchev–Trinajstić information content (AvgIpc) is 2.28. The zero-order valence-corrected chi connectivity index (χ0v) is 11.4. The monoisotopic (exact) mass is 255 g/mol. The van der Waals surface area contributed by atoms with Crippen LogP contribution in [0.5, 0.6) is 5.75 Å². The maximum atomic E-state index is 10.9. The summed E-state index contributed by atoms with van der Waals surface area (Å²) < 4.78 is 5.34. The Hall–Kier alpha value is -1.06. The van der Waals surface area contributed by atoms with Crippen molar-refractivity contribution in [1.29, 1.82) is 0 Å². The molecule has 0 saturated carbocycles. The van der Waals surface area contributed by atoms with Crippen LogP contribution in [0.2, 0.25) is 5.02 Å². The predicted octanol–water partition coefficient (Wildman–Crippen LogP) is 2.64. The molecular weight excluding hydrogens is 238 g/mol. The van der Waals surface area contributed by atoms with Gasteiger partial charge >= 0.3 is 0 Å². The molecule has 0 heterocycles. The second kappa shape index (κ2) is 6.03. The van der Waals surface area contributed by atoms with Crippen molar-refractivity contribution in [2.24, 2.45) is 0 Å². The number of benzene rings is 1. The smallest absolute Gasteiger partial charge is 0.143 e. The summed E-state index contributed by atoms with van der Waals surface area (Å²) in [6.45, 7) is 6.40. The van der Waals surface area contributed by atoms with Crippen LogP contribution in [0, 0.1) is 13.8 Å². The van der Waals surface area contributed by atoms with Crippen molar-refractivity contribution in [2.75, 3.05) is 13.7 Å². The van der Waals surface area contributed by atoms with Crippen LogP contribution >= 0.6 is 11.6 Å². The summed E-state index contributed by atoms with van der Waals surface area (Å²) in [5.74, 6) is 0.917. The molecule has 0 aliphatic carbocycles. The molecule has 0 amide bonds. The van der Waals surface area contributed by atoms with Crippen molar-refractivity contribution < 1.29 is 9.53 Å². The Balaban J connectivity index is 2.96. The second-order valence-corrected chi connectivity index (χ2v) is 4.50. The number of halogens is 1. The first-order chi connectivity index (χ1) is 7.97. The lowest BCUT2D eigenvalue weighted by atomic mass is 10.0. The number of hydrogen-bond donors (Lipinski definition) is 1. The maximum Gasteiger partial charge on any atom is 0.143 e. The van der Waals surface area contributed by atoms with Gasteiger partial charge < -0.3 is 10.1 Å². The van der Waals surface area contributed by atoms with Crippen LogP contribution in [0.25, 0.3) is 0 Å². The van der Waals surface area contributed by atoms with Gasteiger partial charge in [-0.05, 0) is 38.0 Å². The lowest BCUT2D eigenvalue weighted by Gasteiger charge is -2.15. The predicted molar refractivity (Wildman–Crippen MR) is 69.9 cm³/mol. The number of aryl methyl sites for hydroxylation is 1. The zero-order valence-electron chi connectivity index (χ0n) is 10.7. The van der Waals surface area contributed by atoms with E-state index in [2.05, 4.69) is 5.32 Å². The number of hydrogen-bond acceptors (Lipinski definition) is 3. The Bertz CT molecular complexity index is 430. The second-order valence-electron chi connectivity index (χ2n) is 4.12. The molecule has 3 nitrogen and oxygen atoms in total. The van der Waals surface area contributed by atoms with Gasteiger partial charge in [0.05, 0.1) is 13.7 Å². The third-order valence-electron chi connectivity index (χ3n) is 2.67. The van der Waals surface area contributed by atoms with E-state index in [0.717, 1.165) is 27.5 Å². The van der Waals surface area contributed by atoms with Crippen molar-refractivity contribution in [2.45, 2.75) is 27.3 Å². The third-order valence-corrected chi connectivity index (χ3v) is 3.25. The normalized spacial score (nSPS) is 10.4. The highest BCUT2D eigenvalue weighted by Crippen LogP contribution is 2.31. The topological polar surface area (TPSA) is 38.3 Å². The Morgan fingerprint density at radius 1 is 1.47 bits per heavy atom. The number of methoxy groups -OCH3 is 1. The molecule has 0 aromatic heterocycles. The van der Waals surface area contributed by atoms with E-state index < -0.39 is 0 Å². The van der Waals surface area contributed by atoms with Crippen LogP contribution in [-0.2, 0) is 11.3 Å². The van der Waals surface area contributed by atoms with E-state index in [1.165, 1.54) is 0 Å². The van der Waals surface area contributed by atoms with Crippen LogP contribution in [0.4, 0.5) is 0 Å². The standard InChI is InChI=1S/C13H18ClNO2/c1-8-5-12(17-4)11(10(3)13(8)14)7-15-6-9(2)16/h5,15H,6-7H2,1-4H3. The molecular formula is C13H18ClNO2. The Labute approximate surface area is 107 Å². The van der Waals surface area contributed by atoms with E-state index in [1.54, 1.807) is 14.0 Å². The first-order valence-electron chi connectivity index (χ1n) is 5.50. The molecule has 0 unspecified atom stereocenters. The van der Waals surface area contributed by atoms with Gasteiger partial charge in [0.25, 0.3) is 0 Å². The molecule has 0 fully saturated rings. The summed E-state index contributed by atoms with van der Waals surface area (Å²) in [7, 11) is 1.64. The molecule has 1 aromatic rings. The van der Waals surface area contributed by atoms with E-state index in [9.17, 15) is 4.79 Å². The summed E-state index contributed by atoms with van der Waals surface area (Å²) in [4.78, 5) is 10.9. The molecule has 17 heavy (non-hydrogen) atoms. The van der Waals surface area contributed by atoms with Crippen LogP contribution in [0.15, 0.2) is 6.07 Å². The fourth-order valence-electron chi connectivity index (χ4n) is 1.73. The highest BCUT2D eigenvalue weighted by atomic mass is 35.5. The van der Waals surface area contributed by atoms with Gasteiger partial charge in [0.2, 0.25) is 0 Å². The maximum absolute atomic E-state index is 10.9. The summed E-state index contributed by atoms with van der Waals surface area (Å²) in [6.07, 6.45) is 0.